The van der Waals surface area contributed by atoms with Gasteiger partial charge in [0.05, 0.1) is 15.5 Å². The predicted molar refractivity (Wildman–Crippen MR) is 142 cm³/mol. The normalized spacial score (nSPS) is 11.9. The number of rotatable bonds is 10. The first kappa shape index (κ1) is 27.7. The number of anilines is 2. The van der Waals surface area contributed by atoms with Crippen LogP contribution in [0.4, 0.5) is 11.4 Å². The quantitative estimate of drug-likeness (QED) is 0.400. The molecule has 3 aromatic carbocycles. The predicted octanol–water partition coefficient (Wildman–Crippen LogP) is 4.51. The van der Waals surface area contributed by atoms with Crippen LogP contribution in [0.1, 0.15) is 19.4 Å². The molecule has 0 bridgehead atoms. The van der Waals surface area contributed by atoms with Gasteiger partial charge in [0.2, 0.25) is 15.9 Å². The number of aryl methyl sites for hydroxylation is 1. The van der Waals surface area contributed by atoms with Crippen LogP contribution in [0.5, 0.6) is 0 Å². The summed E-state index contributed by atoms with van der Waals surface area (Å²) in [5.74, 6) is -0.590. The van der Waals surface area contributed by atoms with Crippen LogP contribution in [0.25, 0.3) is 0 Å². The van der Waals surface area contributed by atoms with E-state index in [2.05, 4.69) is 5.32 Å². The minimum atomic E-state index is -4.08. The standard InChI is InChI=1S/C25H28ClN3O5S2/c1-4-28(5-2)35(31,32)23-16-10-21(11-17-23)27-25(30)18-29(22-12-6-19(3)7-13-22)36(33,34)24-14-8-20(26)9-15-24/h6-17H,4-5,18H2,1-3H3,(H,27,30). The molecular formula is C25H28ClN3O5S2. The third-order valence-corrected chi connectivity index (χ3v) is 9.60. The molecule has 192 valence electrons. The van der Waals surface area contributed by atoms with Crippen molar-refractivity contribution in [2.45, 2.75) is 30.6 Å². The van der Waals surface area contributed by atoms with Crippen LogP contribution >= 0.6 is 11.6 Å². The van der Waals surface area contributed by atoms with Gasteiger partial charge in [0.1, 0.15) is 6.54 Å². The van der Waals surface area contributed by atoms with Crippen LogP contribution in [0.2, 0.25) is 5.02 Å². The van der Waals surface area contributed by atoms with Gasteiger partial charge in [-0.3, -0.25) is 9.10 Å². The Kier molecular flexibility index (Phi) is 8.78. The van der Waals surface area contributed by atoms with E-state index >= 15 is 0 Å². The molecule has 0 radical (unpaired) electrons. The Morgan fingerprint density at radius 1 is 0.778 bits per heavy atom. The molecule has 3 aromatic rings. The maximum absolute atomic E-state index is 13.4. The molecule has 0 atom stereocenters. The highest BCUT2D eigenvalue weighted by atomic mass is 35.5. The fourth-order valence-corrected chi connectivity index (χ4v) is 6.52. The zero-order valence-electron chi connectivity index (χ0n) is 20.2. The molecule has 36 heavy (non-hydrogen) atoms. The molecule has 1 N–H and O–H groups in total. The number of sulfonamides is 2. The molecule has 0 saturated carbocycles. The molecule has 0 aliphatic carbocycles. The van der Waals surface area contributed by atoms with Crippen molar-refractivity contribution in [3.8, 4) is 0 Å². The van der Waals surface area contributed by atoms with E-state index in [1.807, 2.05) is 6.92 Å². The average Bonchev–Trinajstić information content (AvgIpc) is 2.84. The summed E-state index contributed by atoms with van der Waals surface area (Å²) in [4.78, 5) is 13.0. The van der Waals surface area contributed by atoms with Gasteiger partial charge in [-0.05, 0) is 67.6 Å². The van der Waals surface area contributed by atoms with Crippen LogP contribution in [-0.2, 0) is 24.8 Å². The average molecular weight is 550 g/mol. The van der Waals surface area contributed by atoms with Gasteiger partial charge in [-0.15, -0.1) is 0 Å². The first-order chi connectivity index (χ1) is 17.0. The number of hydrogen-bond acceptors (Lipinski definition) is 5. The Morgan fingerprint density at radius 2 is 1.28 bits per heavy atom. The van der Waals surface area contributed by atoms with Gasteiger partial charge >= 0.3 is 0 Å². The lowest BCUT2D eigenvalue weighted by Gasteiger charge is -2.24. The molecule has 0 spiro atoms. The van der Waals surface area contributed by atoms with Crippen LogP contribution in [-0.4, -0.2) is 46.7 Å². The van der Waals surface area contributed by atoms with E-state index < -0.39 is 32.5 Å². The van der Waals surface area contributed by atoms with Crippen molar-refractivity contribution < 1.29 is 21.6 Å². The second-order valence-electron chi connectivity index (χ2n) is 7.96. The minimum Gasteiger partial charge on any atom is -0.325 e. The lowest BCUT2D eigenvalue weighted by Crippen LogP contribution is -2.38. The van der Waals surface area contributed by atoms with Crippen molar-refractivity contribution in [2.75, 3.05) is 29.3 Å². The van der Waals surface area contributed by atoms with E-state index in [1.54, 1.807) is 38.1 Å². The summed E-state index contributed by atoms with van der Waals surface area (Å²) in [6, 6.07) is 18.2. The summed E-state index contributed by atoms with van der Waals surface area (Å²) >= 11 is 5.91. The monoisotopic (exact) mass is 549 g/mol. The van der Waals surface area contributed by atoms with Crippen molar-refractivity contribution in [3.63, 3.8) is 0 Å². The van der Waals surface area contributed by atoms with Gasteiger partial charge in [-0.2, -0.15) is 4.31 Å². The highest BCUT2D eigenvalue weighted by Gasteiger charge is 2.27. The van der Waals surface area contributed by atoms with Crippen molar-refractivity contribution in [2.24, 2.45) is 0 Å². The smallest absolute Gasteiger partial charge is 0.264 e. The Hall–Kier alpha value is -2.92. The molecule has 0 saturated heterocycles. The zero-order valence-corrected chi connectivity index (χ0v) is 22.6. The largest absolute Gasteiger partial charge is 0.325 e. The summed E-state index contributed by atoms with van der Waals surface area (Å²) in [5.41, 5.74) is 1.60. The Labute approximate surface area is 217 Å². The number of hydrogen-bond donors (Lipinski definition) is 1. The fraction of sp³-hybridized carbons (Fsp3) is 0.240. The van der Waals surface area contributed by atoms with E-state index in [4.69, 9.17) is 11.6 Å². The summed E-state index contributed by atoms with van der Waals surface area (Å²) < 4.78 is 54.6. The Balaban J connectivity index is 1.85. The van der Waals surface area contributed by atoms with E-state index in [1.165, 1.54) is 52.8 Å². The fourth-order valence-electron chi connectivity index (χ4n) is 3.51. The van der Waals surface area contributed by atoms with Crippen LogP contribution in [0, 0.1) is 6.92 Å². The lowest BCUT2D eigenvalue weighted by molar-refractivity contribution is -0.114. The number of amides is 1. The molecule has 1 amide bonds. The van der Waals surface area contributed by atoms with Gasteiger partial charge in [0.15, 0.2) is 0 Å². The van der Waals surface area contributed by atoms with Crippen LogP contribution in [0.15, 0.2) is 82.6 Å². The van der Waals surface area contributed by atoms with Crippen LogP contribution < -0.4 is 9.62 Å². The third kappa shape index (κ3) is 6.25. The SMILES string of the molecule is CCN(CC)S(=O)(=O)c1ccc(NC(=O)CN(c2ccc(C)cc2)S(=O)(=O)c2ccc(Cl)cc2)cc1. The highest BCUT2D eigenvalue weighted by molar-refractivity contribution is 7.92. The van der Waals surface area contributed by atoms with Crippen molar-refractivity contribution in [1.29, 1.82) is 0 Å². The van der Waals surface area contributed by atoms with Gasteiger partial charge < -0.3 is 5.32 Å². The molecule has 0 unspecified atom stereocenters. The minimum absolute atomic E-state index is 0.00811. The number of halogens is 1. The number of carbonyl (C=O) groups is 1. The summed E-state index contributed by atoms with van der Waals surface area (Å²) in [6.07, 6.45) is 0. The molecular weight excluding hydrogens is 522 g/mol. The van der Waals surface area contributed by atoms with E-state index in [-0.39, 0.29) is 9.79 Å². The van der Waals surface area contributed by atoms with E-state index in [0.717, 1.165) is 9.87 Å². The second-order valence-corrected chi connectivity index (χ2v) is 12.2. The van der Waals surface area contributed by atoms with Crippen molar-refractivity contribution >= 4 is 48.9 Å². The zero-order chi connectivity index (χ0) is 26.5. The molecule has 0 aromatic heterocycles. The molecule has 11 heteroatoms. The molecule has 0 aliphatic heterocycles. The van der Waals surface area contributed by atoms with Gasteiger partial charge in [-0.1, -0.05) is 43.1 Å². The Morgan fingerprint density at radius 3 is 1.81 bits per heavy atom. The molecule has 0 heterocycles. The molecule has 8 nitrogen and oxygen atoms in total. The number of benzene rings is 3. The van der Waals surface area contributed by atoms with E-state index in [0.29, 0.717) is 29.5 Å². The van der Waals surface area contributed by atoms with Gasteiger partial charge in [-0.25, -0.2) is 16.8 Å². The van der Waals surface area contributed by atoms with Gasteiger partial charge in [0, 0.05) is 23.8 Å². The summed E-state index contributed by atoms with van der Waals surface area (Å²) in [7, 11) is -7.72. The molecule has 3 rings (SSSR count). The lowest BCUT2D eigenvalue weighted by atomic mass is 10.2. The molecule has 0 aliphatic rings. The highest BCUT2D eigenvalue weighted by Crippen LogP contribution is 2.25. The maximum atomic E-state index is 13.4. The maximum Gasteiger partial charge on any atom is 0.264 e. The summed E-state index contributed by atoms with van der Waals surface area (Å²) in [5, 5.41) is 3.04. The first-order valence-corrected chi connectivity index (χ1v) is 14.5. The van der Waals surface area contributed by atoms with Crippen molar-refractivity contribution in [3.05, 3.63) is 83.4 Å². The van der Waals surface area contributed by atoms with Gasteiger partial charge in [0.25, 0.3) is 10.0 Å². The third-order valence-electron chi connectivity index (χ3n) is 5.49. The molecule has 0 fully saturated rings. The number of nitrogens with zero attached hydrogens (tertiary/aromatic N) is 2. The Bertz CT molecular complexity index is 1400. The van der Waals surface area contributed by atoms with Crippen molar-refractivity contribution in [1.82, 2.24) is 4.31 Å². The van der Waals surface area contributed by atoms with E-state index in [9.17, 15) is 21.6 Å². The first-order valence-electron chi connectivity index (χ1n) is 11.2. The topological polar surface area (TPSA) is 104 Å². The second kappa shape index (κ2) is 11.4. The van der Waals surface area contributed by atoms with Crippen LogP contribution in [0.3, 0.4) is 0 Å². The summed E-state index contributed by atoms with van der Waals surface area (Å²) in [6.45, 7) is 5.58. The number of carbonyl (C=O) groups excluding carboxylic acids is 1. The number of nitrogens with one attached hydrogen (secondary N) is 1.